The SMILES string of the molecule is CC1(C=O)CC2(CCN(C(=O)OC(C)(C)C)CC2)C1. The number of hydrogen-bond acceptors (Lipinski definition) is 3. The highest BCUT2D eigenvalue weighted by atomic mass is 16.6. The van der Waals surface area contributed by atoms with Crippen molar-refractivity contribution in [3.63, 3.8) is 0 Å². The zero-order chi connectivity index (χ0) is 14.3. The van der Waals surface area contributed by atoms with Crippen molar-refractivity contribution >= 4 is 12.4 Å². The fraction of sp³-hybridized carbons (Fsp3) is 0.867. The van der Waals surface area contributed by atoms with Gasteiger partial charge in [-0.3, -0.25) is 0 Å². The molecule has 0 aromatic rings. The molecular weight excluding hydrogens is 242 g/mol. The van der Waals surface area contributed by atoms with Crippen LogP contribution in [0, 0.1) is 10.8 Å². The van der Waals surface area contributed by atoms with E-state index in [9.17, 15) is 9.59 Å². The van der Waals surface area contributed by atoms with Crippen LogP contribution < -0.4 is 0 Å². The van der Waals surface area contributed by atoms with Crippen LogP contribution in [-0.2, 0) is 9.53 Å². The molecule has 1 amide bonds. The molecular formula is C15H25NO3. The van der Waals surface area contributed by atoms with Gasteiger partial charge in [-0.1, -0.05) is 6.92 Å². The lowest BCUT2D eigenvalue weighted by molar-refractivity contribution is -0.133. The highest BCUT2D eigenvalue weighted by Crippen LogP contribution is 2.58. The predicted octanol–water partition coefficient (Wildman–Crippen LogP) is 3.00. The Morgan fingerprint density at radius 3 is 2.16 bits per heavy atom. The molecule has 1 saturated carbocycles. The van der Waals surface area contributed by atoms with Gasteiger partial charge >= 0.3 is 6.09 Å². The Morgan fingerprint density at radius 1 is 1.21 bits per heavy atom. The summed E-state index contributed by atoms with van der Waals surface area (Å²) in [6.45, 7) is 9.20. The van der Waals surface area contributed by atoms with Gasteiger partial charge in [0.1, 0.15) is 11.9 Å². The van der Waals surface area contributed by atoms with Gasteiger partial charge in [-0.2, -0.15) is 0 Å². The van der Waals surface area contributed by atoms with E-state index < -0.39 is 5.60 Å². The minimum Gasteiger partial charge on any atom is -0.444 e. The Morgan fingerprint density at radius 2 is 1.74 bits per heavy atom. The molecule has 1 saturated heterocycles. The maximum atomic E-state index is 12.0. The van der Waals surface area contributed by atoms with Crippen LogP contribution in [0.25, 0.3) is 0 Å². The van der Waals surface area contributed by atoms with E-state index >= 15 is 0 Å². The van der Waals surface area contributed by atoms with Gasteiger partial charge in [0, 0.05) is 18.5 Å². The minimum absolute atomic E-state index is 0.117. The summed E-state index contributed by atoms with van der Waals surface area (Å²) in [6.07, 6.45) is 4.83. The maximum Gasteiger partial charge on any atom is 0.410 e. The second-order valence-electron chi connectivity index (χ2n) is 7.59. The van der Waals surface area contributed by atoms with Crippen LogP contribution in [0.4, 0.5) is 4.79 Å². The monoisotopic (exact) mass is 267 g/mol. The van der Waals surface area contributed by atoms with Crippen LogP contribution in [-0.4, -0.2) is 36.0 Å². The number of amides is 1. The Bertz CT molecular complexity index is 367. The summed E-state index contributed by atoms with van der Waals surface area (Å²) in [5.74, 6) is 0. The third-order valence-corrected chi connectivity index (χ3v) is 4.32. The molecule has 1 spiro atoms. The number of carbonyl (C=O) groups excluding carboxylic acids is 2. The molecule has 0 atom stereocenters. The molecule has 1 aliphatic heterocycles. The number of piperidine rings is 1. The molecule has 2 rings (SSSR count). The predicted molar refractivity (Wildman–Crippen MR) is 72.9 cm³/mol. The van der Waals surface area contributed by atoms with Crippen molar-refractivity contribution < 1.29 is 14.3 Å². The van der Waals surface area contributed by atoms with Crippen LogP contribution in [0.1, 0.15) is 53.4 Å². The summed E-state index contributed by atoms with van der Waals surface area (Å²) in [7, 11) is 0. The fourth-order valence-electron chi connectivity index (χ4n) is 3.59. The van der Waals surface area contributed by atoms with Crippen molar-refractivity contribution in [1.82, 2.24) is 4.90 Å². The van der Waals surface area contributed by atoms with E-state index in [1.807, 2.05) is 27.7 Å². The molecule has 2 fully saturated rings. The third-order valence-electron chi connectivity index (χ3n) is 4.32. The number of carbonyl (C=O) groups is 2. The molecule has 4 nitrogen and oxygen atoms in total. The molecule has 4 heteroatoms. The quantitative estimate of drug-likeness (QED) is 0.686. The second kappa shape index (κ2) is 4.50. The first kappa shape index (κ1) is 14.4. The number of nitrogens with zero attached hydrogens (tertiary/aromatic N) is 1. The van der Waals surface area contributed by atoms with E-state index in [0.717, 1.165) is 45.1 Å². The van der Waals surface area contributed by atoms with Gasteiger partial charge in [0.25, 0.3) is 0 Å². The first-order valence-electron chi connectivity index (χ1n) is 7.11. The van der Waals surface area contributed by atoms with Crippen molar-refractivity contribution in [2.75, 3.05) is 13.1 Å². The number of aldehydes is 1. The van der Waals surface area contributed by atoms with E-state index in [1.54, 1.807) is 4.90 Å². The number of hydrogen-bond donors (Lipinski definition) is 0. The van der Waals surface area contributed by atoms with E-state index in [2.05, 4.69) is 0 Å². The van der Waals surface area contributed by atoms with E-state index in [4.69, 9.17) is 4.74 Å². The largest absolute Gasteiger partial charge is 0.444 e. The van der Waals surface area contributed by atoms with Crippen LogP contribution >= 0.6 is 0 Å². The molecule has 1 aliphatic carbocycles. The lowest BCUT2D eigenvalue weighted by atomic mass is 9.51. The Kier molecular flexibility index (Phi) is 3.40. The topological polar surface area (TPSA) is 46.6 Å². The average Bonchev–Trinajstić information content (AvgIpc) is 2.25. The molecule has 0 unspecified atom stereocenters. The average molecular weight is 267 g/mol. The van der Waals surface area contributed by atoms with Crippen LogP contribution in [0.5, 0.6) is 0 Å². The fourth-order valence-corrected chi connectivity index (χ4v) is 3.59. The molecule has 108 valence electrons. The first-order chi connectivity index (χ1) is 8.67. The summed E-state index contributed by atoms with van der Waals surface area (Å²) in [6, 6.07) is 0. The van der Waals surface area contributed by atoms with Crippen LogP contribution in [0.3, 0.4) is 0 Å². The minimum atomic E-state index is -0.432. The van der Waals surface area contributed by atoms with Gasteiger partial charge in [0.05, 0.1) is 0 Å². The van der Waals surface area contributed by atoms with Crippen LogP contribution in [0.15, 0.2) is 0 Å². The van der Waals surface area contributed by atoms with Gasteiger partial charge in [0.15, 0.2) is 0 Å². The van der Waals surface area contributed by atoms with Crippen molar-refractivity contribution in [1.29, 1.82) is 0 Å². The summed E-state index contributed by atoms with van der Waals surface area (Å²) >= 11 is 0. The molecule has 0 aromatic carbocycles. The maximum absolute atomic E-state index is 12.0. The summed E-state index contributed by atoms with van der Waals surface area (Å²) < 4.78 is 5.39. The standard InChI is InChI=1S/C15H25NO3/c1-13(2,3)19-12(18)16-7-5-15(6-8-16)9-14(4,10-15)11-17/h11H,5-10H2,1-4H3. The lowest BCUT2D eigenvalue weighted by Crippen LogP contribution is -2.53. The smallest absolute Gasteiger partial charge is 0.410 e. The van der Waals surface area contributed by atoms with Crippen molar-refractivity contribution in [2.24, 2.45) is 10.8 Å². The highest BCUT2D eigenvalue weighted by Gasteiger charge is 2.52. The van der Waals surface area contributed by atoms with Gasteiger partial charge < -0.3 is 14.4 Å². The molecule has 1 heterocycles. The van der Waals surface area contributed by atoms with Crippen molar-refractivity contribution in [3.05, 3.63) is 0 Å². The second-order valence-corrected chi connectivity index (χ2v) is 7.59. The molecule has 0 bridgehead atoms. The Hall–Kier alpha value is -1.06. The van der Waals surface area contributed by atoms with Gasteiger partial charge in [-0.05, 0) is 51.9 Å². The van der Waals surface area contributed by atoms with E-state index in [1.165, 1.54) is 0 Å². The normalized spacial score (nSPS) is 24.7. The Labute approximate surface area is 115 Å². The lowest BCUT2D eigenvalue weighted by Gasteiger charge is -2.55. The molecule has 0 aromatic heterocycles. The zero-order valence-electron chi connectivity index (χ0n) is 12.5. The highest BCUT2D eigenvalue weighted by molar-refractivity contribution is 5.68. The summed E-state index contributed by atoms with van der Waals surface area (Å²) in [5.41, 5.74) is -0.249. The number of ether oxygens (including phenoxy) is 1. The number of rotatable bonds is 1. The summed E-state index contributed by atoms with van der Waals surface area (Å²) in [5, 5.41) is 0. The van der Waals surface area contributed by atoms with Gasteiger partial charge in [-0.25, -0.2) is 4.79 Å². The molecule has 0 radical (unpaired) electrons. The third kappa shape index (κ3) is 3.10. The molecule has 0 N–H and O–H groups in total. The zero-order valence-corrected chi connectivity index (χ0v) is 12.5. The van der Waals surface area contributed by atoms with Crippen molar-refractivity contribution in [3.8, 4) is 0 Å². The van der Waals surface area contributed by atoms with Crippen molar-refractivity contribution in [2.45, 2.75) is 59.0 Å². The Balaban J connectivity index is 1.84. The number of likely N-dealkylation sites (tertiary alicyclic amines) is 1. The van der Waals surface area contributed by atoms with E-state index in [0.29, 0.717) is 5.41 Å². The summed E-state index contributed by atoms with van der Waals surface area (Å²) in [4.78, 5) is 24.7. The van der Waals surface area contributed by atoms with E-state index in [-0.39, 0.29) is 11.5 Å². The van der Waals surface area contributed by atoms with Gasteiger partial charge in [-0.15, -0.1) is 0 Å². The molecule has 2 aliphatic rings. The van der Waals surface area contributed by atoms with Gasteiger partial charge in [0.2, 0.25) is 0 Å². The molecule has 19 heavy (non-hydrogen) atoms. The van der Waals surface area contributed by atoms with Crippen LogP contribution in [0.2, 0.25) is 0 Å². The first-order valence-corrected chi connectivity index (χ1v) is 7.11.